The fourth-order valence-electron chi connectivity index (χ4n) is 2.16. The van der Waals surface area contributed by atoms with E-state index >= 15 is 0 Å². The highest BCUT2D eigenvalue weighted by atomic mass is 35.5. The molecule has 0 bridgehead atoms. The Labute approximate surface area is 125 Å². The molecule has 104 valence electrons. The fourth-order valence-corrected chi connectivity index (χ4v) is 2.99. The number of hydrogen-bond acceptors (Lipinski definition) is 4. The lowest BCUT2D eigenvalue weighted by molar-refractivity contribution is 0.458. The Morgan fingerprint density at radius 3 is 2.70 bits per heavy atom. The highest BCUT2D eigenvalue weighted by molar-refractivity contribution is 7.15. The molecule has 0 aliphatic heterocycles. The van der Waals surface area contributed by atoms with Crippen molar-refractivity contribution in [3.8, 4) is 11.6 Å². The second kappa shape index (κ2) is 5.09. The quantitative estimate of drug-likeness (QED) is 0.798. The molecule has 0 spiro atoms. The summed E-state index contributed by atoms with van der Waals surface area (Å²) < 4.78 is 7.85. The fraction of sp³-hybridized carbons (Fsp3) is 0.214. The summed E-state index contributed by atoms with van der Waals surface area (Å²) in [7, 11) is 0. The Balaban J connectivity index is 2.02. The second-order valence-electron chi connectivity index (χ2n) is 4.60. The van der Waals surface area contributed by atoms with Crippen molar-refractivity contribution in [1.29, 1.82) is 0 Å². The number of nitrogens with zero attached hydrogens (tertiary/aromatic N) is 2. The van der Waals surface area contributed by atoms with E-state index in [2.05, 4.69) is 4.98 Å². The maximum Gasteiger partial charge on any atom is 0.243 e. The molecule has 3 rings (SSSR count). The van der Waals surface area contributed by atoms with Crippen LogP contribution in [0.25, 0.3) is 4.96 Å². The number of imidazole rings is 1. The van der Waals surface area contributed by atoms with Crippen molar-refractivity contribution in [2.75, 3.05) is 0 Å². The topological polar surface area (TPSA) is 52.5 Å². The minimum absolute atomic E-state index is 0.374. The van der Waals surface area contributed by atoms with E-state index in [1.807, 2.05) is 42.0 Å². The van der Waals surface area contributed by atoms with E-state index in [4.69, 9.17) is 22.1 Å². The van der Waals surface area contributed by atoms with E-state index < -0.39 is 0 Å². The van der Waals surface area contributed by atoms with Gasteiger partial charge >= 0.3 is 0 Å². The zero-order valence-electron chi connectivity index (χ0n) is 11.2. The predicted molar refractivity (Wildman–Crippen MR) is 82.0 cm³/mol. The Morgan fingerprint density at radius 1 is 1.35 bits per heavy atom. The van der Waals surface area contributed by atoms with Crippen LogP contribution in [0.15, 0.2) is 23.7 Å². The molecule has 2 N–H and O–H groups in total. The number of rotatable bonds is 3. The molecule has 0 radical (unpaired) electrons. The van der Waals surface area contributed by atoms with Crippen LogP contribution in [0.3, 0.4) is 0 Å². The van der Waals surface area contributed by atoms with E-state index in [-0.39, 0.29) is 0 Å². The highest BCUT2D eigenvalue weighted by Crippen LogP contribution is 2.31. The van der Waals surface area contributed by atoms with Crippen LogP contribution >= 0.6 is 22.9 Å². The summed E-state index contributed by atoms with van der Waals surface area (Å²) in [5, 5.41) is 2.74. The molecular weight excluding hydrogens is 294 g/mol. The van der Waals surface area contributed by atoms with Gasteiger partial charge in [-0.3, -0.25) is 4.40 Å². The van der Waals surface area contributed by atoms with Gasteiger partial charge < -0.3 is 10.5 Å². The first-order chi connectivity index (χ1) is 9.60. The Kier molecular flexibility index (Phi) is 3.41. The van der Waals surface area contributed by atoms with Gasteiger partial charge in [-0.1, -0.05) is 11.6 Å². The van der Waals surface area contributed by atoms with E-state index in [0.717, 1.165) is 32.6 Å². The van der Waals surface area contributed by atoms with Gasteiger partial charge in [-0.15, -0.1) is 11.3 Å². The largest absolute Gasteiger partial charge is 0.437 e. The van der Waals surface area contributed by atoms with Gasteiger partial charge in [0.25, 0.3) is 0 Å². The van der Waals surface area contributed by atoms with Gasteiger partial charge in [0.05, 0.1) is 0 Å². The lowest BCUT2D eigenvalue weighted by Crippen LogP contribution is -2.02. The normalized spacial score (nSPS) is 11.2. The third-order valence-electron chi connectivity index (χ3n) is 3.14. The number of hydrogen-bond donors (Lipinski definition) is 1. The Bertz CT molecular complexity index is 755. The predicted octanol–water partition coefficient (Wildman–Crippen LogP) is 3.92. The number of fused-ring (bicyclic) bond motifs is 1. The van der Waals surface area contributed by atoms with Crippen LogP contribution in [0.5, 0.6) is 11.6 Å². The van der Waals surface area contributed by atoms with E-state index in [0.29, 0.717) is 12.4 Å². The molecule has 6 heteroatoms. The SMILES string of the molecule is Cc1cc(Oc2nc3sccn3c2CN)cc(C)c1Cl. The molecule has 3 aromatic rings. The van der Waals surface area contributed by atoms with Crippen LogP contribution in [-0.4, -0.2) is 9.38 Å². The van der Waals surface area contributed by atoms with E-state index in [1.54, 1.807) is 11.3 Å². The smallest absolute Gasteiger partial charge is 0.243 e. The lowest BCUT2D eigenvalue weighted by atomic mass is 10.1. The molecule has 1 aromatic carbocycles. The first-order valence-corrected chi connectivity index (χ1v) is 7.45. The first-order valence-electron chi connectivity index (χ1n) is 6.19. The third kappa shape index (κ3) is 2.18. The molecule has 20 heavy (non-hydrogen) atoms. The standard InChI is InChI=1S/C14H14ClN3OS/c1-8-5-10(6-9(2)12(8)15)19-13-11(7-16)18-3-4-20-14(18)17-13/h3-6H,7,16H2,1-2H3. The molecule has 0 aliphatic carbocycles. The number of halogens is 1. The average molecular weight is 308 g/mol. The van der Waals surface area contributed by atoms with E-state index in [1.165, 1.54) is 0 Å². The molecule has 0 atom stereocenters. The zero-order valence-corrected chi connectivity index (χ0v) is 12.8. The van der Waals surface area contributed by atoms with Gasteiger partial charge in [0.2, 0.25) is 5.88 Å². The van der Waals surface area contributed by atoms with Gasteiger partial charge in [-0.05, 0) is 37.1 Å². The minimum atomic E-state index is 0.374. The van der Waals surface area contributed by atoms with Crippen molar-refractivity contribution in [2.24, 2.45) is 5.73 Å². The molecule has 2 heterocycles. The summed E-state index contributed by atoms with van der Waals surface area (Å²) in [6.45, 7) is 4.29. The average Bonchev–Trinajstić information content (AvgIpc) is 2.96. The van der Waals surface area contributed by atoms with Crippen LogP contribution in [0.2, 0.25) is 5.02 Å². The summed E-state index contributed by atoms with van der Waals surface area (Å²) in [6, 6.07) is 3.81. The molecular formula is C14H14ClN3OS. The lowest BCUT2D eigenvalue weighted by Gasteiger charge is -2.09. The summed E-state index contributed by atoms with van der Waals surface area (Å²) in [5.74, 6) is 1.28. The minimum Gasteiger partial charge on any atom is -0.437 e. The van der Waals surface area contributed by atoms with Crippen LogP contribution in [0, 0.1) is 13.8 Å². The van der Waals surface area contributed by atoms with Gasteiger partial charge in [0.15, 0.2) is 4.96 Å². The Morgan fingerprint density at radius 2 is 2.05 bits per heavy atom. The molecule has 0 fully saturated rings. The number of thiazole rings is 1. The van der Waals surface area contributed by atoms with Gasteiger partial charge in [0.1, 0.15) is 11.4 Å². The number of aryl methyl sites for hydroxylation is 2. The summed E-state index contributed by atoms with van der Waals surface area (Å²) in [4.78, 5) is 5.34. The molecule has 0 amide bonds. The zero-order chi connectivity index (χ0) is 14.3. The third-order valence-corrected chi connectivity index (χ3v) is 4.49. The molecule has 0 unspecified atom stereocenters. The number of ether oxygens (including phenoxy) is 1. The molecule has 2 aromatic heterocycles. The van der Waals surface area contributed by atoms with Gasteiger partial charge in [-0.25, -0.2) is 0 Å². The van der Waals surface area contributed by atoms with Crippen molar-refractivity contribution in [2.45, 2.75) is 20.4 Å². The van der Waals surface area contributed by atoms with Gasteiger partial charge in [0, 0.05) is 23.1 Å². The molecule has 0 aliphatic rings. The first kappa shape index (κ1) is 13.4. The van der Waals surface area contributed by atoms with Crippen molar-refractivity contribution in [1.82, 2.24) is 9.38 Å². The highest BCUT2D eigenvalue weighted by Gasteiger charge is 2.14. The van der Waals surface area contributed by atoms with Gasteiger partial charge in [-0.2, -0.15) is 4.98 Å². The monoisotopic (exact) mass is 307 g/mol. The van der Waals surface area contributed by atoms with Crippen LogP contribution < -0.4 is 10.5 Å². The summed E-state index contributed by atoms with van der Waals surface area (Å²) >= 11 is 7.72. The molecule has 0 saturated carbocycles. The molecule has 4 nitrogen and oxygen atoms in total. The molecule has 0 saturated heterocycles. The van der Waals surface area contributed by atoms with Crippen LogP contribution in [0.4, 0.5) is 0 Å². The summed E-state index contributed by atoms with van der Waals surface area (Å²) in [6.07, 6.45) is 1.94. The van der Waals surface area contributed by atoms with Crippen LogP contribution in [0.1, 0.15) is 16.8 Å². The van der Waals surface area contributed by atoms with Crippen molar-refractivity contribution < 1.29 is 4.74 Å². The Hall–Kier alpha value is -1.56. The number of nitrogens with two attached hydrogens (primary N) is 1. The van der Waals surface area contributed by atoms with Crippen LogP contribution in [-0.2, 0) is 6.54 Å². The van der Waals surface area contributed by atoms with E-state index in [9.17, 15) is 0 Å². The van der Waals surface area contributed by atoms with Crippen molar-refractivity contribution in [3.05, 3.63) is 45.6 Å². The summed E-state index contributed by atoms with van der Waals surface area (Å²) in [5.41, 5.74) is 8.63. The maximum absolute atomic E-state index is 6.16. The van der Waals surface area contributed by atoms with Crippen molar-refractivity contribution >= 4 is 27.9 Å². The maximum atomic E-state index is 6.16. The number of benzene rings is 1. The number of aromatic nitrogens is 2. The van der Waals surface area contributed by atoms with Crippen molar-refractivity contribution in [3.63, 3.8) is 0 Å². The second-order valence-corrected chi connectivity index (χ2v) is 5.85.